The van der Waals surface area contributed by atoms with E-state index in [4.69, 9.17) is 16.7 Å². The van der Waals surface area contributed by atoms with Crippen molar-refractivity contribution in [3.05, 3.63) is 94.2 Å². The summed E-state index contributed by atoms with van der Waals surface area (Å²) in [6.45, 7) is 2.15. The van der Waals surface area contributed by atoms with Crippen LogP contribution in [0, 0.1) is 6.92 Å². The van der Waals surface area contributed by atoms with Crippen molar-refractivity contribution in [1.29, 1.82) is 0 Å². The van der Waals surface area contributed by atoms with Gasteiger partial charge < -0.3 is 10.3 Å². The summed E-state index contributed by atoms with van der Waals surface area (Å²) in [6, 6.07) is 10.4. The van der Waals surface area contributed by atoms with Crippen LogP contribution < -0.4 is 10.5 Å². The van der Waals surface area contributed by atoms with Crippen molar-refractivity contribution in [1.82, 2.24) is 25.3 Å². The minimum Gasteiger partial charge on any atom is -0.348 e. The number of carbonyl (C=O) groups is 1. The molecule has 4 N–H and O–H groups in total. The number of primary sulfonamides is 1. The molecule has 5 rings (SSSR count). The lowest BCUT2D eigenvalue weighted by Crippen LogP contribution is -2.23. The van der Waals surface area contributed by atoms with Crippen LogP contribution in [-0.2, 0) is 23.0 Å². The van der Waals surface area contributed by atoms with Crippen molar-refractivity contribution >= 4 is 49.5 Å². The quantitative estimate of drug-likeness (QED) is 0.312. The maximum atomic E-state index is 12.8. The van der Waals surface area contributed by atoms with E-state index in [0.29, 0.717) is 44.8 Å². The Hall–Kier alpha value is -3.86. The number of nitrogens with one attached hydrogen (secondary N) is 2. The molecule has 36 heavy (non-hydrogen) atoms. The number of amides is 1. The molecule has 1 amide bonds. The Kier molecular flexibility index (Phi) is 6.17. The van der Waals surface area contributed by atoms with Gasteiger partial charge >= 0.3 is 0 Å². The average Bonchev–Trinajstić information content (AvgIpc) is 3.21. The fourth-order valence-electron chi connectivity index (χ4n) is 4.03. The molecule has 0 aliphatic rings. The van der Waals surface area contributed by atoms with E-state index in [-0.39, 0.29) is 17.3 Å². The van der Waals surface area contributed by atoms with Crippen molar-refractivity contribution in [2.45, 2.75) is 24.8 Å². The fraction of sp³-hybridized carbons (Fsp3) is 0.120. The summed E-state index contributed by atoms with van der Waals surface area (Å²) in [5, 5.41) is 10.3. The molecule has 0 radical (unpaired) electrons. The van der Waals surface area contributed by atoms with Crippen LogP contribution in [0.5, 0.6) is 0 Å². The van der Waals surface area contributed by atoms with Crippen molar-refractivity contribution in [2.24, 2.45) is 5.14 Å². The number of rotatable bonds is 6. The van der Waals surface area contributed by atoms with E-state index < -0.39 is 10.0 Å². The van der Waals surface area contributed by atoms with Gasteiger partial charge in [-0.2, -0.15) is 0 Å². The highest BCUT2D eigenvalue weighted by Crippen LogP contribution is 2.25. The second-order valence-corrected chi connectivity index (χ2v) is 10.4. The van der Waals surface area contributed by atoms with Gasteiger partial charge in [0, 0.05) is 59.8 Å². The number of nitrogens with zero attached hydrogens (tertiary/aromatic N) is 3. The summed E-state index contributed by atoms with van der Waals surface area (Å²) < 4.78 is 24.4. The number of H-pyrrole nitrogens is 1. The summed E-state index contributed by atoms with van der Waals surface area (Å²) in [6.07, 6.45) is 6.79. The highest BCUT2D eigenvalue weighted by molar-refractivity contribution is 7.89. The van der Waals surface area contributed by atoms with Gasteiger partial charge in [-0.25, -0.2) is 18.5 Å². The standard InChI is InChI=1S/C25H21ClN6O3S/c1-14-4-18-5-15(8-22(36(27,34)35)23(18)29-10-14)6-19-9-17(2-3-28-19)25(33)32-12-16-7-20-21(26)13-31-24(20)30-11-16/h2-5,7-11,13H,6,12H2,1H3,(H,30,31)(H,32,33)(H2,27,34,35). The molecule has 5 aromatic rings. The second kappa shape index (κ2) is 9.30. The monoisotopic (exact) mass is 520 g/mol. The number of pyridine rings is 3. The molecule has 0 saturated heterocycles. The number of sulfonamides is 1. The highest BCUT2D eigenvalue weighted by Gasteiger charge is 2.17. The summed E-state index contributed by atoms with van der Waals surface area (Å²) in [7, 11) is -3.99. The Balaban J connectivity index is 1.37. The number of hydrogen-bond acceptors (Lipinski definition) is 6. The van der Waals surface area contributed by atoms with Crippen molar-refractivity contribution in [3.8, 4) is 0 Å². The Morgan fingerprint density at radius 3 is 2.72 bits per heavy atom. The smallest absolute Gasteiger partial charge is 0.251 e. The van der Waals surface area contributed by atoms with Gasteiger partial charge in [0.1, 0.15) is 10.5 Å². The molecule has 0 unspecified atom stereocenters. The number of halogens is 1. The van der Waals surface area contributed by atoms with Crippen LogP contribution in [0.2, 0.25) is 5.02 Å². The lowest BCUT2D eigenvalue weighted by atomic mass is 10.0. The summed E-state index contributed by atoms with van der Waals surface area (Å²) >= 11 is 6.15. The first-order valence-electron chi connectivity index (χ1n) is 10.9. The van der Waals surface area contributed by atoms with E-state index in [2.05, 4.69) is 25.3 Å². The Morgan fingerprint density at radius 1 is 1.08 bits per heavy atom. The van der Waals surface area contributed by atoms with E-state index in [0.717, 1.165) is 16.5 Å². The van der Waals surface area contributed by atoms with Crippen molar-refractivity contribution in [3.63, 3.8) is 0 Å². The lowest BCUT2D eigenvalue weighted by Gasteiger charge is -2.10. The van der Waals surface area contributed by atoms with Crippen LogP contribution in [0.4, 0.5) is 0 Å². The fourth-order valence-corrected chi connectivity index (χ4v) is 4.98. The molecule has 9 nitrogen and oxygen atoms in total. The molecule has 0 atom stereocenters. The molecule has 0 fully saturated rings. The van der Waals surface area contributed by atoms with E-state index in [1.807, 2.05) is 25.1 Å². The van der Waals surface area contributed by atoms with E-state index in [1.54, 1.807) is 36.9 Å². The van der Waals surface area contributed by atoms with Gasteiger partial charge in [0.25, 0.3) is 5.91 Å². The van der Waals surface area contributed by atoms with Crippen LogP contribution in [0.1, 0.15) is 32.7 Å². The number of aromatic nitrogens is 4. The van der Waals surface area contributed by atoms with Gasteiger partial charge in [0.05, 0.1) is 10.5 Å². The van der Waals surface area contributed by atoms with Crippen LogP contribution in [0.15, 0.2) is 66.1 Å². The zero-order chi connectivity index (χ0) is 25.4. The largest absolute Gasteiger partial charge is 0.348 e. The third kappa shape index (κ3) is 4.92. The molecule has 0 saturated carbocycles. The van der Waals surface area contributed by atoms with Gasteiger partial charge in [-0.15, -0.1) is 0 Å². The predicted molar refractivity (Wildman–Crippen MR) is 137 cm³/mol. The number of hydrogen-bond donors (Lipinski definition) is 3. The van der Waals surface area contributed by atoms with Crippen LogP contribution in [0.25, 0.3) is 21.9 Å². The number of nitrogens with two attached hydrogens (primary N) is 1. The molecule has 0 bridgehead atoms. The van der Waals surface area contributed by atoms with Gasteiger partial charge in [0.15, 0.2) is 0 Å². The van der Waals surface area contributed by atoms with Crippen molar-refractivity contribution in [2.75, 3.05) is 0 Å². The van der Waals surface area contributed by atoms with Crippen molar-refractivity contribution < 1.29 is 13.2 Å². The first-order valence-corrected chi connectivity index (χ1v) is 12.9. The van der Waals surface area contributed by atoms with Gasteiger partial charge in [-0.3, -0.25) is 14.8 Å². The third-order valence-electron chi connectivity index (χ3n) is 5.71. The normalized spacial score (nSPS) is 11.8. The van der Waals surface area contributed by atoms with E-state index in [1.165, 1.54) is 6.07 Å². The minimum atomic E-state index is -3.99. The molecule has 0 spiro atoms. The highest BCUT2D eigenvalue weighted by atomic mass is 35.5. The Labute approximate surface area is 211 Å². The average molecular weight is 521 g/mol. The molecule has 4 heterocycles. The Morgan fingerprint density at radius 2 is 1.92 bits per heavy atom. The van der Waals surface area contributed by atoms with E-state index >= 15 is 0 Å². The molecular weight excluding hydrogens is 500 g/mol. The third-order valence-corrected chi connectivity index (χ3v) is 6.94. The Bertz CT molecular complexity index is 1750. The number of aryl methyl sites for hydroxylation is 1. The van der Waals surface area contributed by atoms with Gasteiger partial charge in [-0.1, -0.05) is 11.6 Å². The molecule has 182 valence electrons. The number of benzene rings is 1. The maximum Gasteiger partial charge on any atom is 0.251 e. The minimum absolute atomic E-state index is 0.0444. The van der Waals surface area contributed by atoms with Gasteiger partial charge in [0.2, 0.25) is 10.0 Å². The maximum absolute atomic E-state index is 12.8. The molecule has 1 aromatic carbocycles. The van der Waals surface area contributed by atoms with Crippen LogP contribution in [-0.4, -0.2) is 34.3 Å². The number of carbonyl (C=O) groups excluding carboxylic acids is 1. The molecule has 0 aliphatic carbocycles. The summed E-state index contributed by atoms with van der Waals surface area (Å²) in [4.78, 5) is 28.7. The molecule has 11 heteroatoms. The first kappa shape index (κ1) is 23.9. The molecular formula is C25H21ClN6O3S. The predicted octanol–water partition coefficient (Wildman–Crippen LogP) is 3.64. The van der Waals surface area contributed by atoms with Gasteiger partial charge in [-0.05, 0) is 60.0 Å². The zero-order valence-electron chi connectivity index (χ0n) is 19.1. The SMILES string of the molecule is Cc1cnc2c(S(N)(=O)=O)cc(Cc3cc(C(=O)NCc4cnc5[nH]cc(Cl)c5c4)ccn3)cc2c1. The topological polar surface area (TPSA) is 144 Å². The lowest BCUT2D eigenvalue weighted by molar-refractivity contribution is 0.0950. The second-order valence-electron chi connectivity index (χ2n) is 8.50. The summed E-state index contributed by atoms with van der Waals surface area (Å²) in [5.41, 5.74) is 4.42. The summed E-state index contributed by atoms with van der Waals surface area (Å²) in [5.74, 6) is -0.275. The van der Waals surface area contributed by atoms with Crippen LogP contribution >= 0.6 is 11.6 Å². The van der Waals surface area contributed by atoms with Crippen LogP contribution in [0.3, 0.4) is 0 Å². The molecule has 0 aliphatic heterocycles. The zero-order valence-corrected chi connectivity index (χ0v) is 20.7. The molecule has 4 aromatic heterocycles. The number of fused-ring (bicyclic) bond motifs is 2. The first-order chi connectivity index (χ1) is 17.2. The number of aromatic amines is 1. The van der Waals surface area contributed by atoms with E-state index in [9.17, 15) is 13.2 Å².